The minimum absolute atomic E-state index is 0.208. The Labute approximate surface area is 162 Å². The molecule has 1 amide bonds. The maximum absolute atomic E-state index is 12.6. The number of benzene rings is 2. The molecule has 0 atom stereocenters. The fraction of sp³-hybridized carbons (Fsp3) is 0.238. The summed E-state index contributed by atoms with van der Waals surface area (Å²) in [6.45, 7) is 1.98. The number of allylic oxidation sites excluding steroid dienone is 1. The van der Waals surface area contributed by atoms with E-state index in [1.807, 2.05) is 24.3 Å². The average molecular weight is 381 g/mol. The van der Waals surface area contributed by atoms with E-state index in [0.717, 1.165) is 5.56 Å². The van der Waals surface area contributed by atoms with E-state index in [4.69, 9.17) is 18.9 Å². The van der Waals surface area contributed by atoms with Gasteiger partial charge in [-0.1, -0.05) is 12.1 Å². The van der Waals surface area contributed by atoms with Crippen molar-refractivity contribution in [1.82, 2.24) is 4.90 Å². The summed E-state index contributed by atoms with van der Waals surface area (Å²) in [6.07, 6.45) is 1.21. The normalized spacial score (nSPS) is 17.2. The Balaban J connectivity index is 1.51. The van der Waals surface area contributed by atoms with Crippen molar-refractivity contribution in [2.45, 2.75) is 0 Å². The predicted molar refractivity (Wildman–Crippen MR) is 101 cm³/mol. The van der Waals surface area contributed by atoms with E-state index >= 15 is 0 Å². The zero-order valence-corrected chi connectivity index (χ0v) is 15.3. The highest BCUT2D eigenvalue weighted by Gasteiger charge is 2.28. The molecule has 2 aromatic carbocycles. The van der Waals surface area contributed by atoms with Crippen molar-refractivity contribution in [2.75, 3.05) is 33.4 Å². The fourth-order valence-electron chi connectivity index (χ4n) is 3.02. The summed E-state index contributed by atoms with van der Waals surface area (Å²) < 4.78 is 21.5. The van der Waals surface area contributed by atoms with Gasteiger partial charge < -0.3 is 23.8 Å². The van der Waals surface area contributed by atoms with Crippen molar-refractivity contribution >= 4 is 18.0 Å². The number of fused-ring (bicyclic) bond motifs is 1. The minimum Gasteiger partial charge on any atom is -0.497 e. The van der Waals surface area contributed by atoms with Crippen LogP contribution in [0, 0.1) is 0 Å². The van der Waals surface area contributed by atoms with Crippen LogP contribution in [0.15, 0.2) is 48.2 Å². The van der Waals surface area contributed by atoms with Crippen LogP contribution in [0.2, 0.25) is 0 Å². The highest BCUT2D eigenvalue weighted by molar-refractivity contribution is 6.14. The molecule has 0 aromatic heterocycles. The third kappa shape index (κ3) is 3.70. The second-order valence-corrected chi connectivity index (χ2v) is 6.34. The molecule has 0 unspecified atom stereocenters. The first-order valence-electron chi connectivity index (χ1n) is 8.91. The van der Waals surface area contributed by atoms with E-state index in [1.165, 1.54) is 0 Å². The molecule has 2 aliphatic rings. The largest absolute Gasteiger partial charge is 0.497 e. The lowest BCUT2D eigenvalue weighted by Crippen LogP contribution is -2.42. The van der Waals surface area contributed by atoms with Crippen LogP contribution in [-0.2, 0) is 4.74 Å². The smallest absolute Gasteiger partial charge is 0.415 e. The number of ketones is 1. The van der Waals surface area contributed by atoms with Gasteiger partial charge >= 0.3 is 6.09 Å². The van der Waals surface area contributed by atoms with Crippen LogP contribution in [-0.4, -0.2) is 50.2 Å². The van der Waals surface area contributed by atoms with Gasteiger partial charge in [-0.2, -0.15) is 0 Å². The van der Waals surface area contributed by atoms with Crippen LogP contribution < -0.4 is 14.2 Å². The number of hydrogen-bond acceptors (Lipinski definition) is 6. The van der Waals surface area contributed by atoms with Gasteiger partial charge in [-0.15, -0.1) is 0 Å². The fourth-order valence-corrected chi connectivity index (χ4v) is 3.02. The maximum Gasteiger partial charge on any atom is 0.415 e. The van der Waals surface area contributed by atoms with Gasteiger partial charge in [-0.25, -0.2) is 4.79 Å². The van der Waals surface area contributed by atoms with E-state index in [1.54, 1.807) is 36.3 Å². The molecule has 1 fully saturated rings. The van der Waals surface area contributed by atoms with Gasteiger partial charge in [-0.3, -0.25) is 4.79 Å². The van der Waals surface area contributed by atoms with E-state index in [9.17, 15) is 9.59 Å². The first kappa shape index (κ1) is 18.1. The first-order valence-corrected chi connectivity index (χ1v) is 8.91. The summed E-state index contributed by atoms with van der Waals surface area (Å²) >= 11 is 0. The number of morpholine rings is 1. The van der Waals surface area contributed by atoms with Crippen molar-refractivity contribution in [3.63, 3.8) is 0 Å². The van der Waals surface area contributed by atoms with Crippen LogP contribution in [0.4, 0.5) is 4.79 Å². The van der Waals surface area contributed by atoms with Gasteiger partial charge in [0.1, 0.15) is 17.2 Å². The number of ether oxygens (including phenoxy) is 4. The maximum atomic E-state index is 12.6. The third-order valence-electron chi connectivity index (χ3n) is 4.51. The molecule has 0 N–H and O–H groups in total. The number of hydrogen-bond donors (Lipinski definition) is 0. The second-order valence-electron chi connectivity index (χ2n) is 6.34. The zero-order chi connectivity index (χ0) is 19.5. The summed E-state index contributed by atoms with van der Waals surface area (Å²) in [5.41, 5.74) is 1.22. The Morgan fingerprint density at radius 3 is 2.71 bits per heavy atom. The molecule has 7 heteroatoms. The molecule has 0 radical (unpaired) electrons. The molecule has 7 nitrogen and oxygen atoms in total. The van der Waals surface area contributed by atoms with Gasteiger partial charge in [0, 0.05) is 19.2 Å². The Morgan fingerprint density at radius 1 is 1.11 bits per heavy atom. The Hall–Kier alpha value is -3.32. The molecule has 144 valence electrons. The molecule has 4 rings (SSSR count). The summed E-state index contributed by atoms with van der Waals surface area (Å²) in [5, 5.41) is 0. The molecule has 0 bridgehead atoms. The van der Waals surface area contributed by atoms with Crippen LogP contribution >= 0.6 is 0 Å². The molecule has 1 saturated heterocycles. The Morgan fingerprint density at radius 2 is 1.93 bits per heavy atom. The lowest BCUT2D eigenvalue weighted by atomic mass is 10.1. The van der Waals surface area contributed by atoms with Crippen LogP contribution in [0.25, 0.3) is 6.08 Å². The van der Waals surface area contributed by atoms with Crippen LogP contribution in [0.1, 0.15) is 15.9 Å². The molecule has 2 aromatic rings. The van der Waals surface area contributed by atoms with Gasteiger partial charge in [0.15, 0.2) is 5.76 Å². The van der Waals surface area contributed by atoms with Crippen LogP contribution in [0.5, 0.6) is 17.2 Å². The van der Waals surface area contributed by atoms with E-state index in [0.29, 0.717) is 49.1 Å². The van der Waals surface area contributed by atoms with Crippen molar-refractivity contribution in [1.29, 1.82) is 0 Å². The first-order chi connectivity index (χ1) is 13.6. The Bertz CT molecular complexity index is 946. The minimum atomic E-state index is -0.445. The SMILES string of the molecule is COc1cccc(/C=C2/Oc3cc(OC(=O)N4CCOCC4)ccc3C2=O)c1. The number of nitrogens with zero attached hydrogens (tertiary/aromatic N) is 1. The average Bonchev–Trinajstić information content (AvgIpc) is 3.03. The van der Waals surface area contributed by atoms with E-state index in [-0.39, 0.29) is 11.5 Å². The zero-order valence-electron chi connectivity index (χ0n) is 15.3. The van der Waals surface area contributed by atoms with Crippen LogP contribution in [0.3, 0.4) is 0 Å². The molecule has 2 aliphatic heterocycles. The summed E-state index contributed by atoms with van der Waals surface area (Å²) in [7, 11) is 1.58. The van der Waals surface area contributed by atoms with Gasteiger partial charge in [0.25, 0.3) is 0 Å². The van der Waals surface area contributed by atoms with Crippen molar-refractivity contribution < 1.29 is 28.5 Å². The number of carbonyl (C=O) groups is 2. The summed E-state index contributed by atoms with van der Waals surface area (Å²) in [5.74, 6) is 1.37. The molecule has 0 aliphatic carbocycles. The van der Waals surface area contributed by atoms with Gasteiger partial charge in [0.05, 0.1) is 25.9 Å². The number of carbonyl (C=O) groups excluding carboxylic acids is 2. The molecular formula is C21H19NO6. The molecular weight excluding hydrogens is 362 g/mol. The number of methoxy groups -OCH3 is 1. The molecule has 28 heavy (non-hydrogen) atoms. The standard InChI is InChI=1S/C21H19NO6/c1-25-15-4-2-3-14(11-15)12-19-20(23)17-6-5-16(13-18(17)28-19)27-21(24)22-7-9-26-10-8-22/h2-6,11-13H,7-10H2,1H3/b19-12+. The number of amides is 1. The number of Topliss-reactive ketones (excluding diaryl/α,β-unsaturated/α-hetero) is 1. The lowest BCUT2D eigenvalue weighted by Gasteiger charge is -2.25. The second kappa shape index (κ2) is 7.74. The van der Waals surface area contributed by atoms with Crippen molar-refractivity contribution in [2.24, 2.45) is 0 Å². The van der Waals surface area contributed by atoms with Gasteiger partial charge in [0.2, 0.25) is 5.78 Å². The third-order valence-corrected chi connectivity index (χ3v) is 4.51. The topological polar surface area (TPSA) is 74.3 Å². The van der Waals surface area contributed by atoms with Gasteiger partial charge in [-0.05, 0) is 35.9 Å². The number of rotatable bonds is 3. The molecule has 0 saturated carbocycles. The van der Waals surface area contributed by atoms with E-state index in [2.05, 4.69) is 0 Å². The van der Waals surface area contributed by atoms with Crippen molar-refractivity contribution in [3.05, 3.63) is 59.4 Å². The summed E-state index contributed by atoms with van der Waals surface area (Å²) in [4.78, 5) is 26.4. The monoisotopic (exact) mass is 381 g/mol. The highest BCUT2D eigenvalue weighted by atomic mass is 16.6. The van der Waals surface area contributed by atoms with Crippen molar-refractivity contribution in [3.8, 4) is 17.2 Å². The predicted octanol–water partition coefficient (Wildman–Crippen LogP) is 3.14. The Kier molecular flexibility index (Phi) is 4.99. The molecule has 2 heterocycles. The highest BCUT2D eigenvalue weighted by Crippen LogP contribution is 2.35. The quantitative estimate of drug-likeness (QED) is 0.761. The lowest BCUT2D eigenvalue weighted by molar-refractivity contribution is 0.0416. The summed E-state index contributed by atoms with van der Waals surface area (Å²) in [6, 6.07) is 12.1. The molecule has 0 spiro atoms. The van der Waals surface area contributed by atoms with E-state index < -0.39 is 6.09 Å².